The van der Waals surface area contributed by atoms with Crippen LogP contribution in [0.3, 0.4) is 0 Å². The molecule has 0 fully saturated rings. The highest BCUT2D eigenvalue weighted by molar-refractivity contribution is 5.47. The average molecular weight is 130 g/mol. The minimum absolute atomic E-state index is 0.384. The van der Waals surface area contributed by atoms with Crippen molar-refractivity contribution in [2.45, 2.75) is 0 Å². The lowest BCUT2D eigenvalue weighted by Gasteiger charge is -1.76. The maximum atomic E-state index is 11.4. The van der Waals surface area contributed by atoms with Crippen LogP contribution >= 0.6 is 0 Å². The van der Waals surface area contributed by atoms with Crippen LogP contribution < -0.4 is 0 Å². The Morgan fingerprint density at radius 3 is 2.78 bits per heavy atom. The van der Waals surface area contributed by atoms with Gasteiger partial charge in [-0.25, -0.2) is 0 Å². The van der Waals surface area contributed by atoms with Crippen LogP contribution in [0, 0.1) is 0 Å². The number of hydrogen-bond donors (Lipinski definition) is 0. The Morgan fingerprint density at radius 2 is 2.33 bits per heavy atom. The zero-order valence-corrected chi connectivity index (χ0v) is 4.47. The van der Waals surface area contributed by atoms with Crippen molar-refractivity contribution in [2.75, 3.05) is 0 Å². The van der Waals surface area contributed by atoms with Crippen molar-refractivity contribution >= 4 is 6.08 Å². The normalized spacial score (nSPS) is 9.11. The molecule has 0 atom stereocenters. The summed E-state index contributed by atoms with van der Waals surface area (Å²) in [5, 5.41) is 0. The highest BCUT2D eigenvalue weighted by atomic mass is 19.3. The van der Waals surface area contributed by atoms with Crippen molar-refractivity contribution in [1.29, 1.82) is 0 Å². The van der Waals surface area contributed by atoms with Gasteiger partial charge in [-0.15, -0.1) is 0 Å². The summed E-state index contributed by atoms with van der Waals surface area (Å²) < 4.78 is 27.4. The molecule has 0 aliphatic carbocycles. The number of hydrogen-bond acceptors (Lipinski definition) is 1. The van der Waals surface area contributed by atoms with Crippen LogP contribution in [0.2, 0.25) is 0 Å². The topological polar surface area (TPSA) is 13.1 Å². The van der Waals surface area contributed by atoms with Crippen molar-refractivity contribution in [1.82, 2.24) is 0 Å². The lowest BCUT2D eigenvalue weighted by Crippen LogP contribution is -1.59. The molecule has 1 aromatic heterocycles. The van der Waals surface area contributed by atoms with E-state index < -0.39 is 6.08 Å². The van der Waals surface area contributed by atoms with E-state index in [0.717, 1.165) is 6.08 Å². The van der Waals surface area contributed by atoms with E-state index in [-0.39, 0.29) is 0 Å². The van der Waals surface area contributed by atoms with E-state index in [1.165, 1.54) is 18.6 Å². The monoisotopic (exact) mass is 130 g/mol. The first kappa shape index (κ1) is 6.01. The average Bonchev–Trinajstić information content (AvgIpc) is 2.15. The molecule has 0 N–H and O–H groups in total. The van der Waals surface area contributed by atoms with E-state index in [0.29, 0.717) is 5.56 Å². The van der Waals surface area contributed by atoms with E-state index in [1.807, 2.05) is 0 Å². The van der Waals surface area contributed by atoms with Crippen molar-refractivity contribution < 1.29 is 13.2 Å². The smallest absolute Gasteiger partial charge is 0.271 e. The van der Waals surface area contributed by atoms with Gasteiger partial charge in [-0.2, -0.15) is 8.78 Å². The summed E-state index contributed by atoms with van der Waals surface area (Å²) in [5.41, 5.74) is 0.384. The first-order chi connectivity index (χ1) is 4.29. The predicted octanol–water partition coefficient (Wildman–Crippen LogP) is 2.52. The first-order valence-corrected chi connectivity index (χ1v) is 2.34. The molecule has 1 nitrogen and oxygen atoms in total. The van der Waals surface area contributed by atoms with Gasteiger partial charge in [0.25, 0.3) is 6.08 Å². The van der Waals surface area contributed by atoms with Crippen molar-refractivity contribution in [3.05, 3.63) is 30.2 Å². The molecule has 0 aliphatic rings. The van der Waals surface area contributed by atoms with Crippen molar-refractivity contribution in [3.63, 3.8) is 0 Å². The Bertz CT molecular complexity index is 197. The third-order valence-corrected chi connectivity index (χ3v) is 0.819. The van der Waals surface area contributed by atoms with Crippen LogP contribution in [0.1, 0.15) is 5.56 Å². The molecule has 1 heterocycles. The van der Waals surface area contributed by atoms with Crippen LogP contribution in [-0.4, -0.2) is 0 Å². The summed E-state index contributed by atoms with van der Waals surface area (Å²) in [6.45, 7) is 0. The second-order valence-electron chi connectivity index (χ2n) is 1.49. The van der Waals surface area contributed by atoms with Gasteiger partial charge < -0.3 is 4.42 Å². The Labute approximate surface area is 50.6 Å². The molecule has 0 saturated carbocycles. The second kappa shape index (κ2) is 2.44. The zero-order chi connectivity index (χ0) is 6.69. The van der Waals surface area contributed by atoms with Gasteiger partial charge >= 0.3 is 0 Å². The molecule has 3 heteroatoms. The maximum absolute atomic E-state index is 11.4. The van der Waals surface area contributed by atoms with Crippen LogP contribution in [0.4, 0.5) is 8.78 Å². The summed E-state index contributed by atoms with van der Waals surface area (Å²) >= 11 is 0. The molecule has 0 amide bonds. The Morgan fingerprint density at radius 1 is 1.56 bits per heavy atom. The van der Waals surface area contributed by atoms with E-state index in [4.69, 9.17) is 0 Å². The van der Waals surface area contributed by atoms with Crippen LogP contribution in [-0.2, 0) is 0 Å². The van der Waals surface area contributed by atoms with Crippen LogP contribution in [0.5, 0.6) is 0 Å². The van der Waals surface area contributed by atoms with Gasteiger partial charge in [0, 0.05) is 11.6 Å². The van der Waals surface area contributed by atoms with E-state index >= 15 is 0 Å². The third kappa shape index (κ3) is 1.68. The first-order valence-electron chi connectivity index (χ1n) is 2.34. The summed E-state index contributed by atoms with van der Waals surface area (Å²) in [7, 11) is 0. The summed E-state index contributed by atoms with van der Waals surface area (Å²) in [5.74, 6) is 0. The maximum Gasteiger partial charge on any atom is 0.271 e. The largest absolute Gasteiger partial charge is 0.472 e. The lowest BCUT2D eigenvalue weighted by molar-refractivity contribution is 0.429. The molecule has 1 rings (SSSR count). The van der Waals surface area contributed by atoms with E-state index in [9.17, 15) is 8.78 Å². The fraction of sp³-hybridized carbons (Fsp3) is 0. The molecule has 0 unspecified atom stereocenters. The van der Waals surface area contributed by atoms with Gasteiger partial charge in [0.15, 0.2) is 0 Å². The fourth-order valence-corrected chi connectivity index (χ4v) is 0.483. The van der Waals surface area contributed by atoms with Gasteiger partial charge in [-0.05, 0) is 6.07 Å². The number of halogens is 2. The van der Waals surface area contributed by atoms with E-state index in [1.54, 1.807) is 0 Å². The number of furan rings is 1. The molecule has 1 aromatic rings. The number of rotatable bonds is 1. The van der Waals surface area contributed by atoms with Gasteiger partial charge in [0.05, 0.1) is 12.5 Å². The second-order valence-corrected chi connectivity index (χ2v) is 1.49. The zero-order valence-electron chi connectivity index (χ0n) is 4.47. The molecule has 0 aliphatic heterocycles. The molecule has 0 saturated heterocycles. The van der Waals surface area contributed by atoms with E-state index in [2.05, 4.69) is 4.42 Å². The minimum Gasteiger partial charge on any atom is -0.472 e. The van der Waals surface area contributed by atoms with Crippen LogP contribution in [0.15, 0.2) is 29.1 Å². The quantitative estimate of drug-likeness (QED) is 0.569. The highest BCUT2D eigenvalue weighted by Gasteiger charge is 1.91. The Hall–Kier alpha value is -1.12. The highest BCUT2D eigenvalue weighted by Crippen LogP contribution is 2.08. The van der Waals surface area contributed by atoms with Crippen molar-refractivity contribution in [2.24, 2.45) is 0 Å². The molecule has 48 valence electrons. The SMILES string of the molecule is FC(F)=Cc1ccoc1. The Kier molecular flexibility index (Phi) is 1.63. The molecule has 0 radical (unpaired) electrons. The van der Waals surface area contributed by atoms with Crippen LogP contribution in [0.25, 0.3) is 6.08 Å². The molecule has 0 bridgehead atoms. The van der Waals surface area contributed by atoms with Gasteiger partial charge in [0.2, 0.25) is 0 Å². The standard InChI is InChI=1S/C6H4F2O/c7-6(8)3-5-1-2-9-4-5/h1-4H. The molecular formula is C6H4F2O. The lowest BCUT2D eigenvalue weighted by atomic mass is 10.3. The third-order valence-electron chi connectivity index (χ3n) is 0.819. The summed E-state index contributed by atoms with van der Waals surface area (Å²) in [6, 6.07) is 1.46. The van der Waals surface area contributed by atoms with Gasteiger partial charge in [-0.3, -0.25) is 0 Å². The minimum atomic E-state index is -1.71. The molecule has 0 spiro atoms. The molecule has 0 aromatic carbocycles. The predicted molar refractivity (Wildman–Crippen MR) is 28.9 cm³/mol. The molecular weight excluding hydrogens is 126 g/mol. The van der Waals surface area contributed by atoms with Gasteiger partial charge in [-0.1, -0.05) is 0 Å². The summed E-state index contributed by atoms with van der Waals surface area (Å²) in [6.07, 6.45) is 1.62. The fourth-order valence-electron chi connectivity index (χ4n) is 0.483. The Balaban J connectivity index is 2.80. The molecule has 9 heavy (non-hydrogen) atoms. The van der Waals surface area contributed by atoms with Crippen molar-refractivity contribution in [3.8, 4) is 0 Å². The summed E-state index contributed by atoms with van der Waals surface area (Å²) in [4.78, 5) is 0. The van der Waals surface area contributed by atoms with Gasteiger partial charge in [0.1, 0.15) is 0 Å².